The van der Waals surface area contributed by atoms with E-state index < -0.39 is 35.2 Å². The fraction of sp³-hybridized carbons (Fsp3) is 0.283. The summed E-state index contributed by atoms with van der Waals surface area (Å²) in [6.07, 6.45) is 31.5. The Morgan fingerprint density at radius 1 is 0.418 bits per heavy atom. The maximum Gasteiger partial charge on any atom is 1.00 e. The van der Waals surface area contributed by atoms with E-state index in [0.717, 1.165) is 154 Å². The van der Waals surface area contributed by atoms with E-state index in [4.69, 9.17) is 19.2 Å². The summed E-state index contributed by atoms with van der Waals surface area (Å²) in [5.74, 6) is -1.08. The van der Waals surface area contributed by atoms with Crippen LogP contribution in [0.4, 0.5) is 41.4 Å². The number of fused-ring (bicyclic) bond motifs is 12. The molecule has 1 amide bonds. The first-order chi connectivity index (χ1) is 70.0. The first-order valence-corrected chi connectivity index (χ1v) is 47.6. The average molecular weight is 1960 g/mol. The molecule has 0 unspecified atom stereocenters. The number of anilines is 4. The minimum absolute atomic E-state index is 0. The number of esters is 1. The summed E-state index contributed by atoms with van der Waals surface area (Å²) >= 11 is 0. The fourth-order valence-electron chi connectivity index (χ4n) is 20.6. The summed E-state index contributed by atoms with van der Waals surface area (Å²) in [5, 5.41) is 53.6. The van der Waals surface area contributed by atoms with Gasteiger partial charge in [-0.2, -0.15) is 63.7 Å². The van der Waals surface area contributed by atoms with Crippen molar-refractivity contribution >= 4 is 86.5 Å². The molecule has 35 nitrogen and oxygen atoms in total. The largest absolute Gasteiger partial charge is 1.00 e. The number of methoxy groups -OCH3 is 1. The third-order valence-corrected chi connectivity index (χ3v) is 27.5. The van der Waals surface area contributed by atoms with Crippen LogP contribution in [-0.2, 0) is 39.9 Å². The number of carbonyl (C=O) groups excluding carboxylic acids is 2. The molecule has 14 heterocycles. The predicted octanol–water partition coefficient (Wildman–Crippen LogP) is 13.1. The second kappa shape index (κ2) is 43.2. The normalized spacial score (nSPS) is 17.5. The number of morpholine rings is 2. The second-order valence-electron chi connectivity index (χ2n) is 36.4. The van der Waals surface area contributed by atoms with Crippen molar-refractivity contribution in [1.82, 2.24) is 108 Å². The Kier molecular flexibility index (Phi) is 29.2. The number of nitrogens with zero attached hydrogens (tertiary/aromatic N) is 22. The van der Waals surface area contributed by atoms with E-state index in [1.165, 1.54) is 179 Å². The molecule has 2 fully saturated rings. The number of benzene rings is 4. The third kappa shape index (κ3) is 20.4. The van der Waals surface area contributed by atoms with Crippen LogP contribution in [0.2, 0.25) is 0 Å². The molecule has 4 atom stereocenters. The Hall–Kier alpha value is -16.1. The Morgan fingerprint density at radius 3 is 1.05 bits per heavy atom. The number of pyridine rings is 4. The number of amides is 1. The van der Waals surface area contributed by atoms with Crippen LogP contribution in [-0.4, -0.2) is 215 Å². The van der Waals surface area contributed by atoms with Crippen LogP contribution in [0.1, 0.15) is 166 Å². The van der Waals surface area contributed by atoms with Gasteiger partial charge in [0.2, 0.25) is 23.8 Å². The van der Waals surface area contributed by atoms with Crippen molar-refractivity contribution in [3.63, 3.8) is 0 Å². The zero-order valence-electron chi connectivity index (χ0n) is 78.9. The van der Waals surface area contributed by atoms with Crippen LogP contribution >= 0.6 is 0 Å². The molecule has 7 N–H and O–H groups in total. The molecule has 0 saturated carbocycles. The van der Waals surface area contributed by atoms with E-state index in [2.05, 4.69) is 205 Å². The van der Waals surface area contributed by atoms with Gasteiger partial charge in [0, 0.05) is 97.4 Å². The molecule has 2 saturated heterocycles. The van der Waals surface area contributed by atoms with Gasteiger partial charge in [-0.05, 0) is 194 Å². The number of halogens is 4. The first-order valence-electron chi connectivity index (χ1n) is 47.6. The number of nitrogens with one attached hydrogen (secondary N) is 5. The number of hydrogen-bond donors (Lipinski definition) is 6. The van der Waals surface area contributed by atoms with Crippen molar-refractivity contribution in [3.8, 4) is 51.6 Å². The van der Waals surface area contributed by atoms with Crippen LogP contribution in [0.3, 0.4) is 0 Å². The van der Waals surface area contributed by atoms with Crippen molar-refractivity contribution in [1.29, 1.82) is 5.26 Å². The molecule has 2 aliphatic heterocycles. The van der Waals surface area contributed by atoms with Gasteiger partial charge in [-0.3, -0.25) is 24.7 Å². The maximum absolute atomic E-state index is 14.0. The summed E-state index contributed by atoms with van der Waals surface area (Å²) in [6.45, 7) is 5.84. The van der Waals surface area contributed by atoms with Crippen molar-refractivity contribution in [2.75, 3.05) is 81.0 Å². The quantitative estimate of drug-likeness (QED) is 0.0315. The van der Waals surface area contributed by atoms with Gasteiger partial charge in [0.1, 0.15) is 51.6 Å². The van der Waals surface area contributed by atoms with Crippen LogP contribution in [0.15, 0.2) is 218 Å². The van der Waals surface area contributed by atoms with Crippen molar-refractivity contribution in [2.45, 2.75) is 134 Å². The minimum atomic E-state index is -1.15. The zero-order chi connectivity index (χ0) is 97.3. The number of rotatable bonds is 15. The fourth-order valence-corrected chi connectivity index (χ4v) is 20.6. The van der Waals surface area contributed by atoms with Gasteiger partial charge < -0.3 is 56.3 Å². The van der Waals surface area contributed by atoms with E-state index in [9.17, 15) is 42.3 Å². The van der Waals surface area contributed by atoms with E-state index in [1.807, 2.05) is 0 Å². The van der Waals surface area contributed by atoms with Gasteiger partial charge in [-0.1, -0.05) is 127 Å². The molecule has 0 radical (unpaired) electrons. The number of carboxylic acid groups (broad SMARTS) is 1. The third-order valence-electron chi connectivity index (χ3n) is 27.5. The SMILES string of the molecule is C.C1COCCN1.COC(=O)c1cnn2c(N[C@@H]3CCC4=C(C3)c3ccccc3C4)nc(-c3cncc(F)c3)nc12.N#Cc1cnn2c(N[C@@H]3CCC4=C(C3)c3ccccc3C4)nc(-c3cncc(F)c3)nc12.O=C(O)c1cnn2c(N[C@@H]3CCC4=C(C3)c3ccccc3C4)nc(-c3cncc(F)c3)nc12.O=C(c1cnn2c(N[C@@H]3CCC4=C(C3)c3ccccc3C4)nc(-c3cncc(F)c3)nc12)N1CCOCC1.[Li+].[OH-]. The van der Waals surface area contributed by atoms with Gasteiger partial charge in [0.15, 0.2) is 45.9 Å². The number of carbonyl (C=O) groups is 3. The standard InChI is InChI=1S/C28H26FN7O2.C25H21FN6O2.C24H18FN7.C24H19FN6O2.C4H9NO.CH4.Li.H2O/c29-20-12-19(14-30-15-20)25-33-26-24(27(37)35-7-9-38-10-8-35)16-31-36(26)28(34-25)32-21-6-5-18-11-17-3-1-2-4-22(17)23(18)13-21;1-34-24(33)21-13-28-32-23(21)30-22(16-9-17(26)12-27-11-16)31-25(32)29-18-7-6-15-8-14-4-2-3-5-19(14)20(15)10-18;25-18-8-16(11-27-13-18)22-30-23-17(10-26)12-28-32(23)24(31-22)29-19-6-5-15-7-14-3-1-2-4-20(14)21(15)9-19;25-16-8-15(10-26-11-16)21-29-22-20(23(32)33)12-27-31(22)24(30-21)28-17-6-5-14-7-13-3-1-2-4-18(13)19(14)9-17;1-3-6-4-2-5-1;;;/h1-4,12,14-16,21H,5-11,13H2,(H,32,33,34);2-5,9,11-13,18H,6-8,10H2,1H3,(H,29,30,31);1-4,8,11-13,19H,5-7,9H2,(H,29,30,31);1-4,8,10-12,17H,5-7,9H2,(H,32,33)(H,28,29,30);5H,1-4H2;1H4;;1H2/q;;;;;;+1;/p-1/t21-;18-;19-;17-;;;;/m1111..../s1. The number of hydrogen-bond acceptors (Lipinski definition) is 29. The molecular formula is C106H98F4LiN27O8. The van der Waals surface area contributed by atoms with E-state index >= 15 is 0 Å². The van der Waals surface area contributed by atoms with Crippen molar-refractivity contribution in [2.24, 2.45) is 0 Å². The first kappa shape index (κ1) is 98.7. The summed E-state index contributed by atoms with van der Waals surface area (Å²) in [5.41, 5.74) is 26.2. The van der Waals surface area contributed by atoms with E-state index in [0.29, 0.717) is 101 Å². The van der Waals surface area contributed by atoms with Crippen molar-refractivity contribution < 1.29 is 75.6 Å². The minimum Gasteiger partial charge on any atom is -0.870 e. The molecule has 4 aromatic carbocycles. The average Bonchev–Trinajstić information content (AvgIpc) is 1.61. The topological polar surface area (TPSA) is 440 Å². The molecule has 40 heteroatoms. The summed E-state index contributed by atoms with van der Waals surface area (Å²) < 4.78 is 76.8. The van der Waals surface area contributed by atoms with Gasteiger partial charge in [0.25, 0.3) is 5.91 Å². The molecule has 0 bridgehead atoms. The van der Waals surface area contributed by atoms with Gasteiger partial charge >= 0.3 is 30.8 Å². The number of allylic oxidation sites excluding steroid dienone is 4. The Balaban J connectivity index is 0.000000120. The number of nitriles is 1. The summed E-state index contributed by atoms with van der Waals surface area (Å²) in [6, 6.07) is 42.1. The number of aromatic nitrogens is 20. The van der Waals surface area contributed by atoms with Crippen LogP contribution in [0, 0.1) is 34.6 Å². The molecule has 16 aromatic rings. The molecule has 8 aliphatic carbocycles. The van der Waals surface area contributed by atoms with E-state index in [-0.39, 0.29) is 102 Å². The Labute approximate surface area is 845 Å². The molecule has 12 aromatic heterocycles. The van der Waals surface area contributed by atoms with Gasteiger partial charge in [0.05, 0.1) is 83.1 Å². The molecule has 10 aliphatic rings. The molecular weight excluding hydrogens is 1860 g/mol. The van der Waals surface area contributed by atoms with Crippen LogP contribution < -0.4 is 45.4 Å². The molecule has 26 rings (SSSR count). The zero-order valence-corrected chi connectivity index (χ0v) is 78.9. The van der Waals surface area contributed by atoms with Gasteiger partial charge in [-0.25, -0.2) is 47.1 Å². The number of aromatic carboxylic acids is 1. The monoisotopic (exact) mass is 1960 g/mol. The van der Waals surface area contributed by atoms with Crippen LogP contribution in [0.25, 0.3) is 90.4 Å². The maximum atomic E-state index is 14.0. The van der Waals surface area contributed by atoms with Gasteiger partial charge in [-0.15, -0.1) is 0 Å². The van der Waals surface area contributed by atoms with E-state index in [1.54, 1.807) is 13.9 Å². The molecule has 0 spiro atoms. The summed E-state index contributed by atoms with van der Waals surface area (Å²) in [7, 11) is 1.30. The molecule has 734 valence electrons. The number of ether oxygens (including phenoxy) is 3. The smallest absolute Gasteiger partial charge is 0.870 e. The second-order valence-corrected chi connectivity index (χ2v) is 36.4. The summed E-state index contributed by atoms with van der Waals surface area (Å²) in [4.78, 5) is 91.3. The number of carboxylic acids is 1. The Morgan fingerprint density at radius 2 is 0.726 bits per heavy atom. The predicted molar refractivity (Wildman–Crippen MR) is 531 cm³/mol. The molecule has 146 heavy (non-hydrogen) atoms. The van der Waals surface area contributed by atoms with Crippen LogP contribution in [0.5, 0.6) is 0 Å². The van der Waals surface area contributed by atoms with Crippen molar-refractivity contribution in [3.05, 3.63) is 308 Å². The Bertz CT molecular complexity index is 7910.